The van der Waals surface area contributed by atoms with Crippen molar-refractivity contribution >= 4 is 12.2 Å². The van der Waals surface area contributed by atoms with E-state index >= 15 is 0 Å². The van der Waals surface area contributed by atoms with E-state index < -0.39 is 0 Å². The molecule has 0 unspecified atom stereocenters. The average Bonchev–Trinajstić information content (AvgIpc) is 2.58. The number of nitrogens with one attached hydrogen (secondary N) is 1. The van der Waals surface area contributed by atoms with Gasteiger partial charge in [-0.25, -0.2) is 0 Å². The highest BCUT2D eigenvalue weighted by atomic mass is 16.5. The van der Waals surface area contributed by atoms with Crippen LogP contribution in [0.25, 0.3) is 0 Å². The number of aldehydes is 1. The van der Waals surface area contributed by atoms with Crippen molar-refractivity contribution in [1.29, 1.82) is 0 Å². The Balaban J connectivity index is 1.60. The van der Waals surface area contributed by atoms with E-state index in [1.807, 2.05) is 0 Å². The molecule has 6 nitrogen and oxygen atoms in total. The summed E-state index contributed by atoms with van der Waals surface area (Å²) in [5.41, 5.74) is 0.447. The van der Waals surface area contributed by atoms with Gasteiger partial charge in [0.15, 0.2) is 12.9 Å². The number of nitrogens with zero attached hydrogens (tertiary/aromatic N) is 1. The van der Waals surface area contributed by atoms with E-state index in [4.69, 9.17) is 9.47 Å². The Kier molecular flexibility index (Phi) is 6.86. The second-order valence-corrected chi connectivity index (χ2v) is 5.10. The number of ether oxygens (including phenoxy) is 2. The first kappa shape index (κ1) is 16.5. The van der Waals surface area contributed by atoms with Crippen molar-refractivity contribution in [2.45, 2.75) is 6.42 Å². The van der Waals surface area contributed by atoms with Gasteiger partial charge in [-0.2, -0.15) is 0 Å². The maximum Gasteiger partial charge on any atom is 0.257 e. The second-order valence-electron chi connectivity index (χ2n) is 5.10. The second kappa shape index (κ2) is 9.17. The Hall–Kier alpha value is -1.92. The minimum Gasteiger partial charge on any atom is -0.483 e. The summed E-state index contributed by atoms with van der Waals surface area (Å²) in [6.07, 6.45) is 1.62. The van der Waals surface area contributed by atoms with Gasteiger partial charge in [0.1, 0.15) is 5.75 Å². The van der Waals surface area contributed by atoms with E-state index in [9.17, 15) is 9.59 Å². The molecule has 1 N–H and O–H groups in total. The molecular formula is C16H22N2O4. The molecule has 1 aromatic carbocycles. The van der Waals surface area contributed by atoms with Crippen molar-refractivity contribution < 1.29 is 19.1 Å². The zero-order valence-corrected chi connectivity index (χ0v) is 12.6. The molecule has 0 aliphatic carbocycles. The Bertz CT molecular complexity index is 487. The fourth-order valence-corrected chi connectivity index (χ4v) is 2.26. The van der Waals surface area contributed by atoms with Crippen molar-refractivity contribution in [3.8, 4) is 5.75 Å². The highest BCUT2D eigenvalue weighted by Crippen LogP contribution is 2.15. The summed E-state index contributed by atoms with van der Waals surface area (Å²) >= 11 is 0. The van der Waals surface area contributed by atoms with E-state index in [-0.39, 0.29) is 12.5 Å². The minimum absolute atomic E-state index is 0.0809. The molecule has 1 aliphatic rings. The SMILES string of the molecule is O=Cc1ccccc1OCC(=O)NCCCN1CCOCC1. The van der Waals surface area contributed by atoms with Crippen molar-refractivity contribution in [1.82, 2.24) is 10.2 Å². The highest BCUT2D eigenvalue weighted by Gasteiger charge is 2.10. The lowest BCUT2D eigenvalue weighted by Crippen LogP contribution is -2.38. The van der Waals surface area contributed by atoms with Crippen LogP contribution in [0.3, 0.4) is 0 Å². The molecule has 1 heterocycles. The summed E-state index contributed by atoms with van der Waals surface area (Å²) in [5.74, 6) is 0.253. The first-order valence-electron chi connectivity index (χ1n) is 7.53. The first-order chi connectivity index (χ1) is 10.8. The quantitative estimate of drug-likeness (QED) is 0.566. The number of para-hydroxylation sites is 1. The van der Waals surface area contributed by atoms with Crippen molar-refractivity contribution in [3.05, 3.63) is 29.8 Å². The zero-order chi connectivity index (χ0) is 15.6. The van der Waals surface area contributed by atoms with Gasteiger partial charge in [0.05, 0.1) is 18.8 Å². The topological polar surface area (TPSA) is 67.9 Å². The number of carbonyl (C=O) groups excluding carboxylic acids is 2. The van der Waals surface area contributed by atoms with Gasteiger partial charge in [-0.3, -0.25) is 14.5 Å². The number of hydrogen-bond donors (Lipinski definition) is 1. The van der Waals surface area contributed by atoms with Gasteiger partial charge in [0, 0.05) is 19.6 Å². The lowest BCUT2D eigenvalue weighted by Gasteiger charge is -2.26. The predicted octanol–water partition coefficient (Wildman–Crippen LogP) is 0.716. The highest BCUT2D eigenvalue weighted by molar-refractivity contribution is 5.80. The van der Waals surface area contributed by atoms with Crippen molar-refractivity contribution in [3.63, 3.8) is 0 Å². The van der Waals surface area contributed by atoms with Gasteiger partial charge in [-0.05, 0) is 25.1 Å². The molecule has 1 amide bonds. The van der Waals surface area contributed by atoms with Gasteiger partial charge >= 0.3 is 0 Å². The lowest BCUT2D eigenvalue weighted by atomic mass is 10.2. The summed E-state index contributed by atoms with van der Waals surface area (Å²) in [5, 5.41) is 2.82. The fraction of sp³-hybridized carbons (Fsp3) is 0.500. The monoisotopic (exact) mass is 306 g/mol. The van der Waals surface area contributed by atoms with Gasteiger partial charge in [0.25, 0.3) is 5.91 Å². The Morgan fingerprint density at radius 3 is 2.86 bits per heavy atom. The minimum atomic E-state index is -0.178. The molecule has 0 atom stereocenters. The summed E-state index contributed by atoms with van der Waals surface area (Å²) in [6.45, 7) is 4.99. The molecule has 0 saturated carbocycles. The molecule has 2 rings (SSSR count). The maximum absolute atomic E-state index is 11.7. The third kappa shape index (κ3) is 5.46. The summed E-state index contributed by atoms with van der Waals surface area (Å²) < 4.78 is 10.7. The van der Waals surface area contributed by atoms with Crippen LogP contribution in [0.5, 0.6) is 5.75 Å². The van der Waals surface area contributed by atoms with Crippen molar-refractivity contribution in [2.24, 2.45) is 0 Å². The summed E-state index contributed by atoms with van der Waals surface area (Å²) in [4.78, 5) is 24.9. The fourth-order valence-electron chi connectivity index (χ4n) is 2.26. The number of morpholine rings is 1. The maximum atomic E-state index is 11.7. The average molecular weight is 306 g/mol. The van der Waals surface area contributed by atoms with Gasteiger partial charge in [0.2, 0.25) is 0 Å². The van der Waals surface area contributed by atoms with E-state index in [1.54, 1.807) is 24.3 Å². The van der Waals surface area contributed by atoms with Crippen LogP contribution in [-0.2, 0) is 9.53 Å². The lowest BCUT2D eigenvalue weighted by molar-refractivity contribution is -0.123. The molecule has 0 bridgehead atoms. The van der Waals surface area contributed by atoms with Gasteiger partial charge in [-0.1, -0.05) is 12.1 Å². The largest absolute Gasteiger partial charge is 0.483 e. The summed E-state index contributed by atoms with van der Waals surface area (Å²) in [7, 11) is 0. The molecule has 22 heavy (non-hydrogen) atoms. The van der Waals surface area contributed by atoms with Crippen molar-refractivity contribution in [2.75, 3.05) is 46.0 Å². The Labute approximate surface area is 130 Å². The molecule has 0 spiro atoms. The van der Waals surface area contributed by atoms with Crippen LogP contribution in [0.2, 0.25) is 0 Å². The number of carbonyl (C=O) groups is 2. The molecule has 1 aliphatic heterocycles. The third-order valence-corrected chi connectivity index (χ3v) is 3.48. The van der Waals surface area contributed by atoms with E-state index in [0.717, 1.165) is 45.6 Å². The van der Waals surface area contributed by atoms with E-state index in [1.165, 1.54) is 0 Å². The standard InChI is InChI=1S/C16H22N2O4/c19-12-14-4-1-2-5-15(14)22-13-16(20)17-6-3-7-18-8-10-21-11-9-18/h1-2,4-5,12H,3,6-11,13H2,(H,17,20). The zero-order valence-electron chi connectivity index (χ0n) is 12.6. The Morgan fingerprint density at radius 1 is 1.32 bits per heavy atom. The molecule has 0 radical (unpaired) electrons. The first-order valence-corrected chi connectivity index (χ1v) is 7.53. The van der Waals surface area contributed by atoms with Crippen LogP contribution in [0.15, 0.2) is 24.3 Å². The molecule has 1 fully saturated rings. The third-order valence-electron chi connectivity index (χ3n) is 3.48. The van der Waals surface area contributed by atoms with Crippen LogP contribution in [0.4, 0.5) is 0 Å². The number of rotatable bonds is 8. The normalized spacial score (nSPS) is 15.3. The number of benzene rings is 1. The Morgan fingerprint density at radius 2 is 2.09 bits per heavy atom. The van der Waals surface area contributed by atoms with Gasteiger partial charge < -0.3 is 14.8 Å². The van der Waals surface area contributed by atoms with Crippen LogP contribution < -0.4 is 10.1 Å². The van der Waals surface area contributed by atoms with Gasteiger partial charge in [-0.15, -0.1) is 0 Å². The molecule has 0 aromatic heterocycles. The van der Waals surface area contributed by atoms with Crippen LogP contribution in [0, 0.1) is 0 Å². The molecule has 6 heteroatoms. The number of hydrogen-bond acceptors (Lipinski definition) is 5. The van der Waals surface area contributed by atoms with Crippen LogP contribution in [-0.4, -0.2) is 63.1 Å². The molecule has 120 valence electrons. The van der Waals surface area contributed by atoms with E-state index in [0.29, 0.717) is 17.9 Å². The smallest absolute Gasteiger partial charge is 0.257 e. The molecule has 1 saturated heterocycles. The summed E-state index contributed by atoms with van der Waals surface area (Å²) in [6, 6.07) is 6.85. The molecule has 1 aromatic rings. The van der Waals surface area contributed by atoms with Crippen LogP contribution >= 0.6 is 0 Å². The predicted molar refractivity (Wildman–Crippen MR) is 82.2 cm³/mol. The van der Waals surface area contributed by atoms with E-state index in [2.05, 4.69) is 10.2 Å². The van der Waals surface area contributed by atoms with Crippen LogP contribution in [0.1, 0.15) is 16.8 Å². The number of amides is 1. The molecular weight excluding hydrogens is 284 g/mol.